The summed E-state index contributed by atoms with van der Waals surface area (Å²) in [6.45, 7) is 1.26. The molecular weight excluding hydrogens is 360 g/mol. The Kier molecular flexibility index (Phi) is 3.97. The maximum atomic E-state index is 6.21. The lowest BCUT2D eigenvalue weighted by atomic mass is 10.3. The van der Waals surface area contributed by atoms with Gasteiger partial charge in [0.05, 0.1) is 42.5 Å². The first-order valence-corrected chi connectivity index (χ1v) is 9.04. The fraction of sp³-hybridized carbons (Fsp3) is 0.333. The van der Waals surface area contributed by atoms with Gasteiger partial charge in [0, 0.05) is 39.1 Å². The van der Waals surface area contributed by atoms with Gasteiger partial charge in [0.2, 0.25) is 11.8 Å². The maximum Gasteiger partial charge on any atom is 0.244 e. The van der Waals surface area contributed by atoms with E-state index in [1.165, 1.54) is 0 Å². The maximum absolute atomic E-state index is 6.21. The quantitative estimate of drug-likeness (QED) is 0.564. The van der Waals surface area contributed by atoms with E-state index >= 15 is 0 Å². The van der Waals surface area contributed by atoms with Crippen LogP contribution in [0.5, 0.6) is 5.88 Å². The Morgan fingerprint density at radius 1 is 1.14 bits per heavy atom. The highest BCUT2D eigenvalue weighted by atomic mass is 16.5. The van der Waals surface area contributed by atoms with Crippen molar-refractivity contribution in [1.82, 2.24) is 34.1 Å². The molecule has 1 N–H and O–H groups in total. The Morgan fingerprint density at radius 2 is 2.00 bits per heavy atom. The van der Waals surface area contributed by atoms with Crippen LogP contribution in [0.25, 0.3) is 16.7 Å². The number of anilines is 2. The van der Waals surface area contributed by atoms with Gasteiger partial charge < -0.3 is 19.4 Å². The number of hydrogen-bond acceptors (Lipinski definition) is 7. The number of hydrogen-bond donors (Lipinski definition) is 1. The molecule has 1 fully saturated rings. The Hall–Kier alpha value is -3.40. The summed E-state index contributed by atoms with van der Waals surface area (Å²) in [6.07, 6.45) is 10.1. The standard InChI is InChI=1S/C18H20N8O2/c1-24-9-12(7-19-24)21-18-22-15-3-5-26(13-8-20-25(2)10-13)16(15)17(23-18)28-14-4-6-27-11-14/h3,5,7-10,14H,4,6,11H2,1-2H3,(H,21,22,23)/t14-/m0/s1. The molecule has 0 aromatic carbocycles. The largest absolute Gasteiger partial charge is 0.470 e. The van der Waals surface area contributed by atoms with Crippen LogP contribution in [0.2, 0.25) is 0 Å². The molecule has 0 saturated carbocycles. The average molecular weight is 380 g/mol. The van der Waals surface area contributed by atoms with E-state index in [2.05, 4.69) is 25.5 Å². The summed E-state index contributed by atoms with van der Waals surface area (Å²) in [7, 11) is 3.74. The topological polar surface area (TPSA) is 96.8 Å². The van der Waals surface area contributed by atoms with E-state index in [9.17, 15) is 0 Å². The number of nitrogens with one attached hydrogen (secondary N) is 1. The van der Waals surface area contributed by atoms with Gasteiger partial charge in [0.25, 0.3) is 0 Å². The summed E-state index contributed by atoms with van der Waals surface area (Å²) in [5.41, 5.74) is 3.31. The zero-order valence-corrected chi connectivity index (χ0v) is 15.6. The van der Waals surface area contributed by atoms with Crippen LogP contribution in [0.4, 0.5) is 11.6 Å². The molecule has 0 unspecified atom stereocenters. The lowest BCUT2D eigenvalue weighted by Gasteiger charge is -2.14. The zero-order valence-electron chi connectivity index (χ0n) is 15.6. The lowest BCUT2D eigenvalue weighted by molar-refractivity contribution is 0.139. The van der Waals surface area contributed by atoms with E-state index in [-0.39, 0.29) is 6.10 Å². The fourth-order valence-corrected chi connectivity index (χ4v) is 3.28. The minimum Gasteiger partial charge on any atom is -0.470 e. The predicted molar refractivity (Wildman–Crippen MR) is 102 cm³/mol. The smallest absolute Gasteiger partial charge is 0.244 e. The van der Waals surface area contributed by atoms with Crippen molar-refractivity contribution in [3.05, 3.63) is 37.1 Å². The number of aromatic nitrogens is 7. The lowest BCUT2D eigenvalue weighted by Crippen LogP contribution is -2.17. The second-order valence-electron chi connectivity index (χ2n) is 6.78. The van der Waals surface area contributed by atoms with Crippen LogP contribution in [0.1, 0.15) is 6.42 Å². The SMILES string of the molecule is Cn1cc(Nc2nc(O[C@H]3CCOC3)c3c(ccn3-c3cnn(C)c3)n2)cn1. The third-order valence-corrected chi connectivity index (χ3v) is 4.60. The highest BCUT2D eigenvalue weighted by Gasteiger charge is 2.22. The van der Waals surface area contributed by atoms with Gasteiger partial charge >= 0.3 is 0 Å². The number of ether oxygens (including phenoxy) is 2. The molecule has 10 heteroatoms. The minimum absolute atomic E-state index is 0.0263. The number of rotatable bonds is 5. The van der Waals surface area contributed by atoms with Crippen molar-refractivity contribution in [2.75, 3.05) is 18.5 Å². The van der Waals surface area contributed by atoms with E-state index in [4.69, 9.17) is 9.47 Å². The molecule has 0 radical (unpaired) electrons. The molecule has 4 aromatic heterocycles. The number of fused-ring (bicyclic) bond motifs is 1. The van der Waals surface area contributed by atoms with Gasteiger partial charge in [-0.1, -0.05) is 0 Å². The van der Waals surface area contributed by atoms with E-state index in [0.717, 1.165) is 28.8 Å². The van der Waals surface area contributed by atoms with Gasteiger partial charge in [0.1, 0.15) is 11.6 Å². The number of nitrogens with zero attached hydrogens (tertiary/aromatic N) is 7. The van der Waals surface area contributed by atoms with Gasteiger partial charge in [-0.3, -0.25) is 9.36 Å². The first-order chi connectivity index (χ1) is 13.7. The Morgan fingerprint density at radius 3 is 2.71 bits per heavy atom. The van der Waals surface area contributed by atoms with E-state index in [1.807, 2.05) is 43.3 Å². The highest BCUT2D eigenvalue weighted by Crippen LogP contribution is 2.30. The van der Waals surface area contributed by atoms with Crippen LogP contribution >= 0.6 is 0 Å². The van der Waals surface area contributed by atoms with Crippen LogP contribution in [-0.2, 0) is 18.8 Å². The second-order valence-corrected chi connectivity index (χ2v) is 6.78. The number of aryl methyl sites for hydroxylation is 2. The monoisotopic (exact) mass is 380 g/mol. The summed E-state index contributed by atoms with van der Waals surface area (Å²) >= 11 is 0. The van der Waals surface area contributed by atoms with Gasteiger partial charge in [-0.05, 0) is 6.07 Å². The molecule has 5 rings (SSSR count). The first kappa shape index (κ1) is 16.8. The third-order valence-electron chi connectivity index (χ3n) is 4.60. The average Bonchev–Trinajstić information content (AvgIpc) is 3.43. The van der Waals surface area contributed by atoms with Crippen LogP contribution < -0.4 is 10.1 Å². The van der Waals surface area contributed by atoms with Crippen molar-refractivity contribution < 1.29 is 9.47 Å². The van der Waals surface area contributed by atoms with Gasteiger partial charge in [0.15, 0.2) is 0 Å². The molecule has 144 valence electrons. The first-order valence-electron chi connectivity index (χ1n) is 9.04. The molecule has 1 saturated heterocycles. The third kappa shape index (κ3) is 3.07. The van der Waals surface area contributed by atoms with Crippen LogP contribution in [0.3, 0.4) is 0 Å². The molecule has 1 aliphatic rings. The van der Waals surface area contributed by atoms with E-state index in [0.29, 0.717) is 25.0 Å². The summed E-state index contributed by atoms with van der Waals surface area (Å²) in [6, 6.07) is 1.94. The Bertz CT molecular complexity index is 1120. The van der Waals surface area contributed by atoms with Gasteiger partial charge in [-0.25, -0.2) is 4.98 Å². The second kappa shape index (κ2) is 6.64. The fourth-order valence-electron chi connectivity index (χ4n) is 3.28. The molecule has 4 aromatic rings. The highest BCUT2D eigenvalue weighted by molar-refractivity contribution is 5.84. The Balaban J connectivity index is 1.59. The molecule has 5 heterocycles. The van der Waals surface area contributed by atoms with Crippen molar-refractivity contribution in [1.29, 1.82) is 0 Å². The molecule has 0 aliphatic carbocycles. The van der Waals surface area contributed by atoms with E-state index < -0.39 is 0 Å². The molecule has 0 bridgehead atoms. The van der Waals surface area contributed by atoms with Crippen molar-refractivity contribution >= 4 is 22.7 Å². The summed E-state index contributed by atoms with van der Waals surface area (Å²) in [4.78, 5) is 9.30. The molecule has 28 heavy (non-hydrogen) atoms. The molecule has 0 spiro atoms. The zero-order chi connectivity index (χ0) is 19.1. The van der Waals surface area contributed by atoms with Gasteiger partial charge in [-0.2, -0.15) is 15.2 Å². The Labute approximate surface area is 160 Å². The van der Waals surface area contributed by atoms with Crippen LogP contribution in [-0.4, -0.2) is 53.4 Å². The molecular formula is C18H20N8O2. The molecule has 1 atom stereocenters. The van der Waals surface area contributed by atoms with Crippen molar-refractivity contribution in [2.24, 2.45) is 14.1 Å². The van der Waals surface area contributed by atoms with Crippen LogP contribution in [0, 0.1) is 0 Å². The van der Waals surface area contributed by atoms with Crippen molar-refractivity contribution in [2.45, 2.75) is 12.5 Å². The van der Waals surface area contributed by atoms with E-state index in [1.54, 1.807) is 21.8 Å². The summed E-state index contributed by atoms with van der Waals surface area (Å²) < 4.78 is 17.1. The summed E-state index contributed by atoms with van der Waals surface area (Å²) in [5.74, 6) is 0.971. The summed E-state index contributed by atoms with van der Waals surface area (Å²) in [5, 5.41) is 11.6. The van der Waals surface area contributed by atoms with Crippen molar-refractivity contribution in [3.8, 4) is 11.6 Å². The predicted octanol–water partition coefficient (Wildman–Crippen LogP) is 1.80. The normalized spacial score (nSPS) is 16.7. The van der Waals surface area contributed by atoms with Crippen molar-refractivity contribution in [3.63, 3.8) is 0 Å². The molecule has 0 amide bonds. The molecule has 10 nitrogen and oxygen atoms in total. The minimum atomic E-state index is -0.0263. The van der Waals surface area contributed by atoms with Gasteiger partial charge in [-0.15, -0.1) is 0 Å². The van der Waals surface area contributed by atoms with Crippen LogP contribution in [0.15, 0.2) is 37.1 Å². The molecule has 1 aliphatic heterocycles.